The van der Waals surface area contributed by atoms with Crippen LogP contribution in [0, 0.1) is 11.6 Å². The highest BCUT2D eigenvalue weighted by molar-refractivity contribution is 5.88. The van der Waals surface area contributed by atoms with Crippen molar-refractivity contribution in [2.45, 2.75) is 25.2 Å². The lowest BCUT2D eigenvalue weighted by molar-refractivity contribution is -0.138. The lowest BCUT2D eigenvalue weighted by Gasteiger charge is -2.25. The van der Waals surface area contributed by atoms with Gasteiger partial charge in [-0.25, -0.2) is 8.78 Å². The summed E-state index contributed by atoms with van der Waals surface area (Å²) in [6.07, 6.45) is 0. The number of benzene rings is 2. The van der Waals surface area contributed by atoms with Gasteiger partial charge < -0.3 is 10.4 Å². The van der Waals surface area contributed by atoms with Crippen LogP contribution in [0.3, 0.4) is 0 Å². The fourth-order valence-electron chi connectivity index (χ4n) is 2.46. The van der Waals surface area contributed by atoms with Gasteiger partial charge in [-0.2, -0.15) is 0 Å². The maximum atomic E-state index is 13.0. The molecule has 2 aromatic carbocycles. The van der Waals surface area contributed by atoms with E-state index in [1.54, 1.807) is 13.8 Å². The molecule has 0 aliphatic rings. The van der Waals surface area contributed by atoms with Crippen molar-refractivity contribution in [1.82, 2.24) is 5.32 Å². The minimum absolute atomic E-state index is 0.135. The predicted molar refractivity (Wildman–Crippen MR) is 89.2 cm³/mol. The molecular weight excluding hydrogens is 328 g/mol. The van der Waals surface area contributed by atoms with Crippen LogP contribution < -0.4 is 5.32 Å². The Labute approximate surface area is 144 Å². The lowest BCUT2D eigenvalue weighted by atomic mass is 9.83. The van der Waals surface area contributed by atoms with E-state index in [0.29, 0.717) is 11.1 Å². The van der Waals surface area contributed by atoms with Crippen LogP contribution in [0.2, 0.25) is 0 Å². The molecule has 2 rings (SSSR count). The number of amides is 1. The average Bonchev–Trinajstić information content (AvgIpc) is 2.56. The summed E-state index contributed by atoms with van der Waals surface area (Å²) in [5, 5.41) is 12.0. The van der Waals surface area contributed by atoms with E-state index in [-0.39, 0.29) is 12.5 Å². The highest BCUT2D eigenvalue weighted by Gasteiger charge is 2.31. The third-order valence-corrected chi connectivity index (χ3v) is 4.17. The Kier molecular flexibility index (Phi) is 5.51. The van der Waals surface area contributed by atoms with Gasteiger partial charge in [0.15, 0.2) is 0 Å². The number of nitrogens with one attached hydrogen (secondary N) is 1. The molecule has 0 radical (unpaired) electrons. The summed E-state index contributed by atoms with van der Waals surface area (Å²) in [5.41, 5.74) is 0.0494. The smallest absolute Gasteiger partial charge is 0.312 e. The molecule has 0 bridgehead atoms. The lowest BCUT2D eigenvalue weighted by Crippen LogP contribution is -2.42. The molecular formula is C19H19F2NO3. The maximum Gasteiger partial charge on any atom is 0.312 e. The summed E-state index contributed by atoms with van der Waals surface area (Å²) in [4.78, 5) is 24.0. The van der Waals surface area contributed by atoms with Crippen molar-refractivity contribution < 1.29 is 23.5 Å². The zero-order valence-electron chi connectivity index (χ0n) is 13.9. The van der Waals surface area contributed by atoms with Gasteiger partial charge in [0.2, 0.25) is 5.91 Å². The van der Waals surface area contributed by atoms with Crippen molar-refractivity contribution in [3.05, 3.63) is 71.3 Å². The van der Waals surface area contributed by atoms with Gasteiger partial charge in [0, 0.05) is 6.54 Å². The van der Waals surface area contributed by atoms with Crippen LogP contribution in [0.5, 0.6) is 0 Å². The summed E-state index contributed by atoms with van der Waals surface area (Å²) in [7, 11) is 0. The number of halogens is 2. The van der Waals surface area contributed by atoms with Crippen molar-refractivity contribution in [1.29, 1.82) is 0 Å². The van der Waals surface area contributed by atoms with Crippen LogP contribution in [-0.4, -0.2) is 23.5 Å². The Hall–Kier alpha value is -2.76. The molecule has 0 saturated heterocycles. The Morgan fingerprint density at radius 3 is 1.96 bits per heavy atom. The van der Waals surface area contributed by atoms with Crippen LogP contribution in [0.25, 0.3) is 0 Å². The topological polar surface area (TPSA) is 66.4 Å². The first-order valence-electron chi connectivity index (χ1n) is 7.74. The first kappa shape index (κ1) is 18.6. The Morgan fingerprint density at radius 2 is 1.48 bits per heavy atom. The SMILES string of the molecule is CC(C)(C(=O)NCC(C(=O)O)c1ccc(F)cc1)c1ccc(F)cc1. The van der Waals surface area contributed by atoms with Crippen molar-refractivity contribution in [2.75, 3.05) is 6.54 Å². The second kappa shape index (κ2) is 7.42. The molecule has 2 N–H and O–H groups in total. The molecule has 4 nitrogen and oxygen atoms in total. The van der Waals surface area contributed by atoms with E-state index in [1.165, 1.54) is 48.5 Å². The number of rotatable bonds is 6. The second-order valence-electron chi connectivity index (χ2n) is 6.28. The van der Waals surface area contributed by atoms with Gasteiger partial charge in [-0.05, 0) is 49.2 Å². The largest absolute Gasteiger partial charge is 0.481 e. The van der Waals surface area contributed by atoms with E-state index in [9.17, 15) is 23.5 Å². The summed E-state index contributed by atoms with van der Waals surface area (Å²) < 4.78 is 26.0. The molecule has 25 heavy (non-hydrogen) atoms. The van der Waals surface area contributed by atoms with Gasteiger partial charge in [0.1, 0.15) is 11.6 Å². The van der Waals surface area contributed by atoms with Crippen molar-refractivity contribution in [3.63, 3.8) is 0 Å². The Bertz CT molecular complexity index is 755. The third-order valence-electron chi connectivity index (χ3n) is 4.17. The van der Waals surface area contributed by atoms with Gasteiger partial charge in [0.05, 0.1) is 11.3 Å². The summed E-state index contributed by atoms with van der Waals surface area (Å²) in [6, 6.07) is 10.7. The quantitative estimate of drug-likeness (QED) is 0.843. The summed E-state index contributed by atoms with van der Waals surface area (Å²) >= 11 is 0. The van der Waals surface area contributed by atoms with Gasteiger partial charge in [-0.15, -0.1) is 0 Å². The van der Waals surface area contributed by atoms with Crippen LogP contribution in [0.1, 0.15) is 30.9 Å². The molecule has 1 unspecified atom stereocenters. The molecule has 2 aromatic rings. The second-order valence-corrected chi connectivity index (χ2v) is 6.28. The highest BCUT2D eigenvalue weighted by Crippen LogP contribution is 2.24. The van der Waals surface area contributed by atoms with Gasteiger partial charge in [-0.1, -0.05) is 24.3 Å². The number of hydrogen-bond donors (Lipinski definition) is 2. The molecule has 1 atom stereocenters. The zero-order valence-corrected chi connectivity index (χ0v) is 13.9. The number of carbonyl (C=O) groups is 2. The van der Waals surface area contributed by atoms with E-state index < -0.39 is 28.9 Å². The van der Waals surface area contributed by atoms with E-state index in [0.717, 1.165) is 0 Å². The standard InChI is InChI=1S/C19H19F2NO3/c1-19(2,13-5-9-15(21)10-6-13)18(25)22-11-16(17(23)24)12-3-7-14(20)8-4-12/h3-10,16H,11H2,1-2H3,(H,22,25)(H,23,24). The van der Waals surface area contributed by atoms with Gasteiger partial charge in [-0.3, -0.25) is 9.59 Å². The molecule has 0 spiro atoms. The van der Waals surface area contributed by atoms with Crippen LogP contribution in [0.4, 0.5) is 8.78 Å². The molecule has 132 valence electrons. The molecule has 0 heterocycles. The molecule has 0 aliphatic heterocycles. The summed E-state index contributed by atoms with van der Waals surface area (Å²) in [6.45, 7) is 3.21. The highest BCUT2D eigenvalue weighted by atomic mass is 19.1. The monoisotopic (exact) mass is 347 g/mol. The first-order valence-corrected chi connectivity index (χ1v) is 7.74. The molecule has 0 fully saturated rings. The van der Waals surface area contributed by atoms with E-state index in [4.69, 9.17) is 0 Å². The average molecular weight is 347 g/mol. The number of carbonyl (C=O) groups excluding carboxylic acids is 1. The summed E-state index contributed by atoms with van der Waals surface area (Å²) in [5.74, 6) is -3.36. The molecule has 0 aromatic heterocycles. The number of carboxylic acids is 1. The van der Waals surface area contributed by atoms with Crippen molar-refractivity contribution in [2.24, 2.45) is 0 Å². The molecule has 0 aliphatic carbocycles. The van der Waals surface area contributed by atoms with Crippen LogP contribution >= 0.6 is 0 Å². The normalized spacial score (nSPS) is 12.5. The van der Waals surface area contributed by atoms with Crippen LogP contribution in [-0.2, 0) is 15.0 Å². The van der Waals surface area contributed by atoms with Crippen molar-refractivity contribution in [3.8, 4) is 0 Å². The third kappa shape index (κ3) is 4.41. The minimum atomic E-state index is -1.12. The molecule has 1 amide bonds. The minimum Gasteiger partial charge on any atom is -0.481 e. The molecule has 0 saturated carbocycles. The first-order chi connectivity index (χ1) is 11.7. The number of hydrogen-bond acceptors (Lipinski definition) is 2. The zero-order chi connectivity index (χ0) is 18.6. The van der Waals surface area contributed by atoms with Crippen LogP contribution in [0.15, 0.2) is 48.5 Å². The fourth-order valence-corrected chi connectivity index (χ4v) is 2.46. The van der Waals surface area contributed by atoms with E-state index in [2.05, 4.69) is 5.32 Å². The Morgan fingerprint density at radius 1 is 1.00 bits per heavy atom. The fraction of sp³-hybridized carbons (Fsp3) is 0.263. The van der Waals surface area contributed by atoms with Crippen molar-refractivity contribution >= 4 is 11.9 Å². The number of carboxylic acid groups (broad SMARTS) is 1. The predicted octanol–water partition coefficient (Wildman–Crippen LogP) is 3.23. The van der Waals surface area contributed by atoms with E-state index >= 15 is 0 Å². The van der Waals surface area contributed by atoms with Gasteiger partial charge in [0.25, 0.3) is 0 Å². The van der Waals surface area contributed by atoms with Gasteiger partial charge >= 0.3 is 5.97 Å². The Balaban J connectivity index is 2.11. The molecule has 6 heteroatoms. The maximum absolute atomic E-state index is 13.0. The number of aliphatic carboxylic acids is 1. The van der Waals surface area contributed by atoms with E-state index in [1.807, 2.05) is 0 Å².